The number of hydrogen-bond donors (Lipinski definition) is 3. The molecule has 0 radical (unpaired) electrons. The van der Waals surface area contributed by atoms with Crippen LogP contribution in [0.25, 0.3) is 0 Å². The van der Waals surface area contributed by atoms with E-state index in [9.17, 15) is 9.59 Å². The van der Waals surface area contributed by atoms with Gasteiger partial charge in [0.15, 0.2) is 0 Å². The van der Waals surface area contributed by atoms with E-state index in [2.05, 4.69) is 34.7 Å². The minimum atomic E-state index is 0.0315. The maximum Gasteiger partial charge on any atom is 0.225 e. The fourth-order valence-corrected chi connectivity index (χ4v) is 8.13. The highest BCUT2D eigenvalue weighted by Gasteiger charge is 2.48. The van der Waals surface area contributed by atoms with Crippen molar-refractivity contribution in [2.75, 3.05) is 19.5 Å². The predicted octanol–water partition coefficient (Wildman–Crippen LogP) is 2.52. The number of piperidine rings is 2. The van der Waals surface area contributed by atoms with E-state index in [4.69, 9.17) is 4.18 Å². The van der Waals surface area contributed by atoms with Crippen molar-refractivity contribution < 1.29 is 13.8 Å². The number of fused-ring (bicyclic) bond motifs is 2. The lowest BCUT2D eigenvalue weighted by Gasteiger charge is -2.50. The zero-order chi connectivity index (χ0) is 23.1. The molecule has 0 aromatic carbocycles. The van der Waals surface area contributed by atoms with E-state index in [0.29, 0.717) is 41.8 Å². The Kier molecular flexibility index (Phi) is 7.27. The summed E-state index contributed by atoms with van der Waals surface area (Å²) in [6, 6.07) is 1.47. The lowest BCUT2D eigenvalue weighted by atomic mass is 9.64. The molecule has 3 heterocycles. The Morgan fingerprint density at radius 2 is 1.94 bits per heavy atom. The van der Waals surface area contributed by atoms with Crippen molar-refractivity contribution in [1.82, 2.24) is 20.9 Å². The summed E-state index contributed by atoms with van der Waals surface area (Å²) in [4.78, 5) is 28.8. The van der Waals surface area contributed by atoms with Gasteiger partial charge in [0.05, 0.1) is 12.0 Å². The molecule has 0 aromatic rings. The van der Waals surface area contributed by atoms with Crippen molar-refractivity contribution in [3.8, 4) is 0 Å². The summed E-state index contributed by atoms with van der Waals surface area (Å²) in [6.07, 6.45) is 8.01. The van der Waals surface area contributed by atoms with Crippen LogP contribution in [0.3, 0.4) is 0 Å². The molecule has 5 fully saturated rings. The zero-order valence-electron chi connectivity index (χ0n) is 20.4. The average molecular weight is 479 g/mol. The van der Waals surface area contributed by atoms with Gasteiger partial charge in [-0.25, -0.2) is 0 Å². The summed E-state index contributed by atoms with van der Waals surface area (Å²) >= 11 is 1.49. The van der Waals surface area contributed by atoms with Crippen LogP contribution in [-0.4, -0.2) is 66.5 Å². The van der Waals surface area contributed by atoms with E-state index in [1.54, 1.807) is 0 Å². The average Bonchev–Trinajstić information content (AvgIpc) is 2.82. The summed E-state index contributed by atoms with van der Waals surface area (Å²) in [6.45, 7) is 5.52. The third-order valence-electron chi connectivity index (χ3n) is 9.47. The molecule has 0 bridgehead atoms. The molecular weight excluding hydrogens is 436 g/mol. The molecule has 3 saturated heterocycles. The van der Waals surface area contributed by atoms with E-state index in [1.807, 2.05) is 7.05 Å². The largest absolute Gasteiger partial charge is 0.353 e. The van der Waals surface area contributed by atoms with Crippen molar-refractivity contribution in [1.29, 1.82) is 0 Å². The molecule has 5 aliphatic rings. The first-order valence-corrected chi connectivity index (χ1v) is 14.1. The van der Waals surface area contributed by atoms with Gasteiger partial charge in [-0.1, -0.05) is 6.92 Å². The summed E-state index contributed by atoms with van der Waals surface area (Å²) in [7, 11) is 2.01. The van der Waals surface area contributed by atoms with Crippen LogP contribution in [0.15, 0.2) is 0 Å². The SMILES string of the molecule is CC1CC2C(CN1)CC(C1CC(C(=O)NC3CCC4NCSOC4C3)CCC1C)C(=O)N2C. The lowest BCUT2D eigenvalue weighted by Crippen LogP contribution is -2.60. The molecule has 7 nitrogen and oxygen atoms in total. The molecule has 5 rings (SSSR count). The van der Waals surface area contributed by atoms with Crippen LogP contribution < -0.4 is 16.0 Å². The van der Waals surface area contributed by atoms with Crippen LogP contribution in [0.5, 0.6) is 0 Å². The number of nitrogens with one attached hydrogen (secondary N) is 3. The highest BCUT2D eigenvalue weighted by atomic mass is 32.2. The van der Waals surface area contributed by atoms with Crippen molar-refractivity contribution >= 4 is 23.9 Å². The van der Waals surface area contributed by atoms with Crippen LogP contribution in [-0.2, 0) is 13.8 Å². The maximum absolute atomic E-state index is 13.4. The molecule has 3 N–H and O–H groups in total. The summed E-state index contributed by atoms with van der Waals surface area (Å²) in [5.41, 5.74) is 0. The second-order valence-electron chi connectivity index (χ2n) is 11.5. The number of rotatable bonds is 3. The van der Waals surface area contributed by atoms with Crippen LogP contribution in [0.2, 0.25) is 0 Å². The van der Waals surface area contributed by atoms with Gasteiger partial charge in [0.1, 0.15) is 0 Å². The van der Waals surface area contributed by atoms with Crippen LogP contribution >= 0.6 is 12.0 Å². The molecule has 8 heteroatoms. The predicted molar refractivity (Wildman–Crippen MR) is 130 cm³/mol. The number of carbonyl (C=O) groups excluding carboxylic acids is 2. The molecule has 33 heavy (non-hydrogen) atoms. The third kappa shape index (κ3) is 4.95. The van der Waals surface area contributed by atoms with Crippen molar-refractivity contribution in [2.24, 2.45) is 29.6 Å². The number of carbonyl (C=O) groups is 2. The molecule has 0 aromatic heterocycles. The number of amides is 2. The lowest BCUT2D eigenvalue weighted by molar-refractivity contribution is -0.149. The maximum atomic E-state index is 13.4. The Balaban J connectivity index is 1.20. The topological polar surface area (TPSA) is 82.7 Å². The first-order valence-electron chi connectivity index (χ1n) is 13.2. The Labute approximate surface area is 203 Å². The third-order valence-corrected chi connectivity index (χ3v) is 10.1. The summed E-state index contributed by atoms with van der Waals surface area (Å²) in [5, 5.41) is 10.5. The first kappa shape index (κ1) is 23.9. The highest BCUT2D eigenvalue weighted by Crippen LogP contribution is 2.45. The minimum absolute atomic E-state index is 0.0315. The van der Waals surface area contributed by atoms with E-state index in [-0.39, 0.29) is 29.9 Å². The van der Waals surface area contributed by atoms with Crippen LogP contribution in [0.1, 0.15) is 65.2 Å². The fraction of sp³-hybridized carbons (Fsp3) is 0.920. The molecule has 0 spiro atoms. The van der Waals surface area contributed by atoms with Crippen molar-refractivity contribution in [2.45, 2.75) is 95.5 Å². The van der Waals surface area contributed by atoms with Gasteiger partial charge in [0.25, 0.3) is 0 Å². The summed E-state index contributed by atoms with van der Waals surface area (Å²) < 4.78 is 5.88. The van der Waals surface area contributed by atoms with Gasteiger partial charge in [-0.15, -0.1) is 0 Å². The van der Waals surface area contributed by atoms with Gasteiger partial charge in [-0.3, -0.25) is 9.59 Å². The molecular formula is C25H42N4O3S. The smallest absolute Gasteiger partial charge is 0.225 e. The Bertz CT molecular complexity index is 738. The van der Waals surface area contributed by atoms with Gasteiger partial charge in [0, 0.05) is 61.6 Å². The highest BCUT2D eigenvalue weighted by molar-refractivity contribution is 7.94. The standard InChI is InChI=1S/C25H42N4O3S/c1-14-4-5-16(24(30)28-18-6-7-21-23(11-18)32-33-13-27-21)9-19(14)20-10-17-12-26-15(2)8-22(17)29(3)25(20)31/h14-23,26-27H,4-13H2,1-3H3,(H,28,30). The molecule has 2 amide bonds. The van der Waals surface area contributed by atoms with Crippen LogP contribution in [0.4, 0.5) is 0 Å². The fourth-order valence-electron chi connectivity index (χ4n) is 7.39. The van der Waals surface area contributed by atoms with E-state index in [1.165, 1.54) is 12.0 Å². The number of nitrogens with zero attached hydrogens (tertiary/aromatic N) is 1. The first-order chi connectivity index (χ1) is 15.9. The Morgan fingerprint density at radius 1 is 1.09 bits per heavy atom. The Hall–Kier alpha value is -0.830. The monoisotopic (exact) mass is 478 g/mol. The van der Waals surface area contributed by atoms with Crippen LogP contribution in [0, 0.1) is 29.6 Å². The molecule has 186 valence electrons. The molecule has 2 aliphatic carbocycles. The normalized spacial score (nSPS) is 46.3. The second-order valence-corrected chi connectivity index (χ2v) is 12.3. The van der Waals surface area contributed by atoms with Gasteiger partial charge < -0.3 is 25.0 Å². The van der Waals surface area contributed by atoms with Gasteiger partial charge >= 0.3 is 0 Å². The Morgan fingerprint density at radius 3 is 2.79 bits per heavy atom. The minimum Gasteiger partial charge on any atom is -0.353 e. The second kappa shape index (κ2) is 10.0. The van der Waals surface area contributed by atoms with Gasteiger partial charge in [0.2, 0.25) is 11.8 Å². The zero-order valence-corrected chi connectivity index (χ0v) is 21.2. The molecule has 10 unspecified atom stereocenters. The van der Waals surface area contributed by atoms with Crippen molar-refractivity contribution in [3.05, 3.63) is 0 Å². The number of hydrogen-bond acceptors (Lipinski definition) is 6. The van der Waals surface area contributed by atoms with E-state index >= 15 is 0 Å². The number of likely N-dealkylation sites (tertiary alicyclic amines) is 1. The quantitative estimate of drug-likeness (QED) is 0.541. The van der Waals surface area contributed by atoms with E-state index < -0.39 is 0 Å². The van der Waals surface area contributed by atoms with Crippen molar-refractivity contribution in [3.63, 3.8) is 0 Å². The molecule has 10 atom stereocenters. The van der Waals surface area contributed by atoms with Gasteiger partial charge in [-0.05, 0) is 76.0 Å². The summed E-state index contributed by atoms with van der Waals surface area (Å²) in [5.74, 6) is 2.81. The molecule has 3 aliphatic heterocycles. The van der Waals surface area contributed by atoms with E-state index in [0.717, 1.165) is 63.8 Å². The van der Waals surface area contributed by atoms with Gasteiger partial charge in [-0.2, -0.15) is 0 Å². The molecule has 2 saturated carbocycles.